The van der Waals surface area contributed by atoms with Gasteiger partial charge >= 0.3 is 5.97 Å². The number of nitrogens with zero attached hydrogens (tertiary/aromatic N) is 1. The van der Waals surface area contributed by atoms with Crippen LogP contribution in [0, 0.1) is 0 Å². The molecule has 1 aliphatic carbocycles. The summed E-state index contributed by atoms with van der Waals surface area (Å²) in [4.78, 5) is 11.0. The van der Waals surface area contributed by atoms with Gasteiger partial charge in [0.1, 0.15) is 5.15 Å². The minimum Gasteiger partial charge on any atom is -0.481 e. The molecular weight excluding hydrogens is 214 g/mol. The lowest BCUT2D eigenvalue weighted by molar-refractivity contribution is -0.138. The van der Waals surface area contributed by atoms with E-state index in [1.165, 1.54) is 0 Å². The van der Waals surface area contributed by atoms with Crippen molar-refractivity contribution in [1.29, 1.82) is 0 Å². The number of carboxylic acids is 1. The van der Waals surface area contributed by atoms with Crippen molar-refractivity contribution in [2.24, 2.45) is 0 Å². The second kappa shape index (κ2) is 3.56. The Morgan fingerprint density at radius 2 is 2.33 bits per heavy atom. The predicted octanol–water partition coefficient (Wildman–Crippen LogP) is 2.84. The molecule has 0 saturated heterocycles. The van der Waals surface area contributed by atoms with Gasteiger partial charge in [0, 0.05) is 12.2 Å². The zero-order valence-corrected chi connectivity index (χ0v) is 9.58. The molecule has 0 radical (unpaired) electrons. The van der Waals surface area contributed by atoms with Crippen LogP contribution >= 0.6 is 11.6 Å². The van der Waals surface area contributed by atoms with Gasteiger partial charge in [-0.1, -0.05) is 11.6 Å². The van der Waals surface area contributed by atoms with Crippen LogP contribution in [0.3, 0.4) is 0 Å². The summed E-state index contributed by atoms with van der Waals surface area (Å²) in [6.07, 6.45) is 3.36. The van der Waals surface area contributed by atoms with E-state index >= 15 is 0 Å². The van der Waals surface area contributed by atoms with E-state index in [1.54, 1.807) is 0 Å². The second-order valence-electron chi connectivity index (χ2n) is 4.28. The van der Waals surface area contributed by atoms with Crippen LogP contribution in [-0.4, -0.2) is 15.6 Å². The Hall–Kier alpha value is -0.960. The molecule has 1 unspecified atom stereocenters. The second-order valence-corrected chi connectivity index (χ2v) is 4.64. The van der Waals surface area contributed by atoms with E-state index in [9.17, 15) is 4.79 Å². The first-order chi connectivity index (χ1) is 7.02. The normalized spacial score (nSPS) is 19.6. The minimum absolute atomic E-state index is 0.276. The first-order valence-electron chi connectivity index (χ1n) is 5.14. The van der Waals surface area contributed by atoms with Crippen molar-refractivity contribution in [1.82, 2.24) is 4.57 Å². The van der Waals surface area contributed by atoms with Crippen molar-refractivity contribution in [2.45, 2.75) is 38.6 Å². The van der Waals surface area contributed by atoms with Crippen LogP contribution in [0.1, 0.15) is 43.4 Å². The molecule has 0 bridgehead atoms. The zero-order valence-electron chi connectivity index (χ0n) is 8.83. The van der Waals surface area contributed by atoms with E-state index in [0.29, 0.717) is 11.6 Å². The number of rotatable bonds is 2. The number of hydrogen-bond donors (Lipinski definition) is 1. The lowest BCUT2D eigenvalue weighted by Crippen LogP contribution is -2.08. The van der Waals surface area contributed by atoms with Crippen LogP contribution in [0.25, 0.3) is 0 Å². The monoisotopic (exact) mass is 227 g/mol. The van der Waals surface area contributed by atoms with Crippen LogP contribution in [0.15, 0.2) is 6.20 Å². The minimum atomic E-state index is -0.744. The molecule has 3 nitrogen and oxygen atoms in total. The highest BCUT2D eigenvalue weighted by Crippen LogP contribution is 2.39. The summed E-state index contributed by atoms with van der Waals surface area (Å²) in [6, 6.07) is 0.276. The number of aromatic nitrogens is 1. The first-order valence-corrected chi connectivity index (χ1v) is 5.52. The highest BCUT2D eigenvalue weighted by atomic mass is 35.5. The zero-order chi connectivity index (χ0) is 11.2. The summed E-state index contributed by atoms with van der Waals surface area (Å²) >= 11 is 6.20. The van der Waals surface area contributed by atoms with Gasteiger partial charge in [-0.2, -0.15) is 0 Å². The summed E-state index contributed by atoms with van der Waals surface area (Å²) in [5.74, 6) is -1.11. The smallest absolute Gasteiger partial charge is 0.311 e. The Bertz CT molecular complexity index is 409. The summed E-state index contributed by atoms with van der Waals surface area (Å²) in [5.41, 5.74) is 1.93. The molecule has 1 aliphatic rings. The van der Waals surface area contributed by atoms with Crippen molar-refractivity contribution < 1.29 is 9.90 Å². The van der Waals surface area contributed by atoms with E-state index in [-0.39, 0.29) is 12.0 Å². The third kappa shape index (κ3) is 1.55. The average Bonchev–Trinajstić information content (AvgIpc) is 2.66. The summed E-state index contributed by atoms with van der Waals surface area (Å²) < 4.78 is 1.95. The maximum Gasteiger partial charge on any atom is 0.311 e. The summed E-state index contributed by atoms with van der Waals surface area (Å²) in [7, 11) is 0. The highest BCUT2D eigenvalue weighted by Gasteiger charge is 2.32. The van der Waals surface area contributed by atoms with Gasteiger partial charge < -0.3 is 9.67 Å². The third-order valence-electron chi connectivity index (χ3n) is 3.02. The van der Waals surface area contributed by atoms with Crippen LogP contribution in [0.4, 0.5) is 0 Å². The quantitative estimate of drug-likeness (QED) is 0.844. The van der Waals surface area contributed by atoms with Gasteiger partial charge in [0.25, 0.3) is 0 Å². The maximum absolute atomic E-state index is 11.0. The van der Waals surface area contributed by atoms with Gasteiger partial charge in [0.15, 0.2) is 0 Å². The fourth-order valence-corrected chi connectivity index (χ4v) is 2.63. The molecule has 15 heavy (non-hydrogen) atoms. The first kappa shape index (κ1) is 10.6. The van der Waals surface area contributed by atoms with E-state index < -0.39 is 5.97 Å². The predicted molar refractivity (Wildman–Crippen MR) is 58.5 cm³/mol. The standard InChI is InChI=1S/C11H14ClNO2/c1-6(2)13-5-9-7(10(13)12)3-4-8(9)11(14)15/h5-6,8H,3-4H2,1-2H3,(H,14,15). The fraction of sp³-hybridized carbons (Fsp3) is 0.545. The lowest BCUT2D eigenvalue weighted by Gasteiger charge is -2.10. The van der Waals surface area contributed by atoms with Gasteiger partial charge in [0.05, 0.1) is 5.92 Å². The molecule has 0 aliphatic heterocycles. The Labute approximate surface area is 93.7 Å². The molecule has 4 heteroatoms. The molecular formula is C11H14ClNO2. The number of hydrogen-bond acceptors (Lipinski definition) is 1. The molecule has 1 heterocycles. The van der Waals surface area contributed by atoms with Crippen molar-refractivity contribution in [3.05, 3.63) is 22.5 Å². The summed E-state index contributed by atoms with van der Waals surface area (Å²) in [5, 5.41) is 9.76. The number of fused-ring (bicyclic) bond motifs is 1. The van der Waals surface area contributed by atoms with Crippen LogP contribution in [0.2, 0.25) is 5.15 Å². The highest BCUT2D eigenvalue weighted by molar-refractivity contribution is 6.30. The third-order valence-corrected chi connectivity index (χ3v) is 3.44. The van der Waals surface area contributed by atoms with E-state index in [4.69, 9.17) is 16.7 Å². The van der Waals surface area contributed by atoms with Gasteiger partial charge in [-0.3, -0.25) is 4.79 Å². The molecule has 82 valence electrons. The Kier molecular flexibility index (Phi) is 2.51. The fourth-order valence-electron chi connectivity index (χ4n) is 2.18. The average molecular weight is 228 g/mol. The summed E-state index contributed by atoms with van der Waals surface area (Å²) in [6.45, 7) is 4.08. The molecule has 1 N–H and O–H groups in total. The Morgan fingerprint density at radius 3 is 2.87 bits per heavy atom. The van der Waals surface area contributed by atoms with E-state index in [2.05, 4.69) is 0 Å². The molecule has 0 amide bonds. The molecule has 2 rings (SSSR count). The molecule has 0 fully saturated rings. The van der Waals surface area contributed by atoms with Gasteiger partial charge in [-0.05, 0) is 37.8 Å². The van der Waals surface area contributed by atoms with Crippen molar-refractivity contribution in [2.75, 3.05) is 0 Å². The van der Waals surface area contributed by atoms with Gasteiger partial charge in [-0.25, -0.2) is 0 Å². The number of carbonyl (C=O) groups is 1. The van der Waals surface area contributed by atoms with E-state index in [0.717, 1.165) is 17.5 Å². The number of aliphatic carboxylic acids is 1. The maximum atomic E-state index is 11.0. The van der Waals surface area contributed by atoms with Gasteiger partial charge in [0.2, 0.25) is 0 Å². The van der Waals surface area contributed by atoms with Crippen LogP contribution in [-0.2, 0) is 11.2 Å². The molecule has 1 aromatic heterocycles. The number of halogens is 1. The largest absolute Gasteiger partial charge is 0.481 e. The lowest BCUT2D eigenvalue weighted by atomic mass is 10.1. The van der Waals surface area contributed by atoms with Crippen molar-refractivity contribution in [3.63, 3.8) is 0 Å². The van der Waals surface area contributed by atoms with Crippen LogP contribution in [0.5, 0.6) is 0 Å². The Balaban J connectivity index is 2.46. The van der Waals surface area contributed by atoms with Crippen molar-refractivity contribution in [3.8, 4) is 0 Å². The van der Waals surface area contributed by atoms with Crippen molar-refractivity contribution >= 4 is 17.6 Å². The molecule has 0 aromatic carbocycles. The Morgan fingerprint density at radius 1 is 1.67 bits per heavy atom. The topological polar surface area (TPSA) is 42.2 Å². The van der Waals surface area contributed by atoms with E-state index in [1.807, 2.05) is 24.6 Å². The van der Waals surface area contributed by atoms with Gasteiger partial charge in [-0.15, -0.1) is 0 Å². The molecule has 1 atom stereocenters. The van der Waals surface area contributed by atoms with Crippen LogP contribution < -0.4 is 0 Å². The molecule has 0 spiro atoms. The number of carboxylic acid groups (broad SMARTS) is 1. The molecule has 0 saturated carbocycles. The SMILES string of the molecule is CC(C)n1cc2c(c1Cl)CCC2C(=O)O. The molecule has 1 aromatic rings.